The Bertz CT molecular complexity index is 283. The summed E-state index contributed by atoms with van der Waals surface area (Å²) in [5, 5.41) is 11.6. The second kappa shape index (κ2) is 3.71. The van der Waals surface area contributed by atoms with Crippen molar-refractivity contribution in [2.75, 3.05) is 0 Å². The summed E-state index contributed by atoms with van der Waals surface area (Å²) in [4.78, 5) is 0. The summed E-state index contributed by atoms with van der Waals surface area (Å²) in [5.74, 6) is 0. The number of hydrogen-bond acceptors (Lipinski definition) is 2. The molecular weight excluding hydrogens is 253 g/mol. The average Bonchev–Trinajstić information content (AvgIpc) is 2.03. The summed E-state index contributed by atoms with van der Waals surface area (Å²) in [5.41, 5.74) is 1.60. The van der Waals surface area contributed by atoms with Crippen LogP contribution in [-0.4, -0.2) is 10.9 Å². The maximum Gasteiger partial charge on any atom is 0.0837 e. The molecule has 0 atom stereocenters. The van der Waals surface area contributed by atoms with Crippen LogP contribution in [0.15, 0.2) is 29.4 Å². The lowest BCUT2D eigenvalue weighted by Gasteiger charge is -1.97. The molecule has 0 aliphatic carbocycles. The van der Waals surface area contributed by atoms with Crippen molar-refractivity contribution in [3.63, 3.8) is 0 Å². The maximum absolute atomic E-state index is 8.46. The Morgan fingerprint density at radius 1 is 1.55 bits per heavy atom. The van der Waals surface area contributed by atoms with Crippen LogP contribution in [0, 0.1) is 3.57 Å². The fourth-order valence-corrected chi connectivity index (χ4v) is 1.31. The Kier molecular flexibility index (Phi) is 2.87. The number of nitrogens with zero attached hydrogens (tertiary/aromatic N) is 1. The van der Waals surface area contributed by atoms with Gasteiger partial charge in [0.25, 0.3) is 0 Å². The molecule has 0 amide bonds. The van der Waals surface area contributed by atoms with Gasteiger partial charge in [-0.05, 0) is 41.6 Å². The van der Waals surface area contributed by atoms with Gasteiger partial charge in [-0.2, -0.15) is 0 Å². The molecule has 0 fully saturated rings. The van der Waals surface area contributed by atoms with Crippen LogP contribution < -0.4 is 0 Å². The maximum atomic E-state index is 8.46. The minimum absolute atomic E-state index is 0.642. The second-order valence-corrected chi connectivity index (χ2v) is 3.44. The van der Waals surface area contributed by atoms with E-state index in [2.05, 4.69) is 27.7 Å². The van der Waals surface area contributed by atoms with Crippen LogP contribution in [0.5, 0.6) is 0 Å². The molecule has 1 N–H and O–H groups in total. The number of hydrogen-bond donors (Lipinski definition) is 1. The van der Waals surface area contributed by atoms with E-state index in [4.69, 9.17) is 5.21 Å². The van der Waals surface area contributed by atoms with Gasteiger partial charge in [0.2, 0.25) is 0 Å². The molecule has 0 aromatic heterocycles. The Morgan fingerprint density at radius 2 is 2.27 bits per heavy atom. The standard InChI is InChI=1S/C8H8INO/c1-6(10-11)7-3-2-4-8(9)5-7/h2-5,11H,1H3/b10-6+. The summed E-state index contributed by atoms with van der Waals surface area (Å²) in [6.45, 7) is 1.77. The average molecular weight is 261 g/mol. The van der Waals surface area contributed by atoms with Gasteiger partial charge in [-0.15, -0.1) is 0 Å². The third kappa shape index (κ3) is 2.18. The van der Waals surface area contributed by atoms with Crippen molar-refractivity contribution in [3.8, 4) is 0 Å². The molecule has 1 aromatic rings. The predicted molar refractivity (Wildman–Crippen MR) is 53.2 cm³/mol. The van der Waals surface area contributed by atoms with Crippen LogP contribution in [0.1, 0.15) is 12.5 Å². The van der Waals surface area contributed by atoms with Crippen LogP contribution in [0.2, 0.25) is 0 Å². The Morgan fingerprint density at radius 3 is 2.82 bits per heavy atom. The van der Waals surface area contributed by atoms with Gasteiger partial charge < -0.3 is 5.21 Å². The van der Waals surface area contributed by atoms with E-state index in [1.807, 2.05) is 24.3 Å². The lowest BCUT2D eigenvalue weighted by atomic mass is 10.1. The SMILES string of the molecule is C/C(=N\O)c1cccc(I)c1. The quantitative estimate of drug-likeness (QED) is 0.358. The van der Waals surface area contributed by atoms with E-state index in [1.54, 1.807) is 6.92 Å². The van der Waals surface area contributed by atoms with Crippen LogP contribution in [0.25, 0.3) is 0 Å². The molecule has 0 unspecified atom stereocenters. The zero-order valence-electron chi connectivity index (χ0n) is 6.08. The smallest absolute Gasteiger partial charge is 0.0837 e. The highest BCUT2D eigenvalue weighted by molar-refractivity contribution is 14.1. The molecule has 0 saturated heterocycles. The van der Waals surface area contributed by atoms with E-state index in [0.29, 0.717) is 5.71 Å². The highest BCUT2D eigenvalue weighted by atomic mass is 127. The fraction of sp³-hybridized carbons (Fsp3) is 0.125. The van der Waals surface area contributed by atoms with Crippen LogP contribution >= 0.6 is 22.6 Å². The largest absolute Gasteiger partial charge is 0.411 e. The molecule has 0 aliphatic rings. The molecular formula is C8H8INO. The van der Waals surface area contributed by atoms with Crippen LogP contribution in [-0.2, 0) is 0 Å². The van der Waals surface area contributed by atoms with Crippen LogP contribution in [0.3, 0.4) is 0 Å². The van der Waals surface area contributed by atoms with Crippen molar-refractivity contribution < 1.29 is 5.21 Å². The first kappa shape index (κ1) is 8.52. The number of benzene rings is 1. The first-order valence-corrected chi connectivity index (χ1v) is 4.26. The van der Waals surface area contributed by atoms with Gasteiger partial charge in [-0.25, -0.2) is 0 Å². The van der Waals surface area contributed by atoms with E-state index in [-0.39, 0.29) is 0 Å². The van der Waals surface area contributed by atoms with Gasteiger partial charge in [0, 0.05) is 9.13 Å². The Hall–Kier alpha value is -0.580. The molecule has 0 bridgehead atoms. The highest BCUT2D eigenvalue weighted by Crippen LogP contribution is 2.08. The molecule has 2 nitrogen and oxygen atoms in total. The topological polar surface area (TPSA) is 32.6 Å². The third-order valence-corrected chi connectivity index (χ3v) is 2.06. The van der Waals surface area contributed by atoms with Gasteiger partial charge >= 0.3 is 0 Å². The Labute approximate surface area is 79.1 Å². The Balaban J connectivity index is 3.06. The molecule has 1 rings (SSSR count). The van der Waals surface area contributed by atoms with Crippen molar-refractivity contribution in [3.05, 3.63) is 33.4 Å². The van der Waals surface area contributed by atoms with E-state index in [0.717, 1.165) is 9.13 Å². The van der Waals surface area contributed by atoms with E-state index >= 15 is 0 Å². The van der Waals surface area contributed by atoms with Crippen molar-refractivity contribution in [2.45, 2.75) is 6.92 Å². The van der Waals surface area contributed by atoms with E-state index in [1.165, 1.54) is 0 Å². The van der Waals surface area contributed by atoms with E-state index in [9.17, 15) is 0 Å². The van der Waals surface area contributed by atoms with Gasteiger partial charge in [0.15, 0.2) is 0 Å². The van der Waals surface area contributed by atoms with Crippen LogP contribution in [0.4, 0.5) is 0 Å². The zero-order valence-corrected chi connectivity index (χ0v) is 8.24. The molecule has 0 spiro atoms. The molecule has 11 heavy (non-hydrogen) atoms. The molecule has 0 aliphatic heterocycles. The number of oxime groups is 1. The minimum Gasteiger partial charge on any atom is -0.411 e. The first-order chi connectivity index (χ1) is 5.24. The van der Waals surface area contributed by atoms with Gasteiger partial charge in [-0.3, -0.25) is 0 Å². The number of rotatable bonds is 1. The lowest BCUT2D eigenvalue weighted by Crippen LogP contribution is -1.93. The van der Waals surface area contributed by atoms with Gasteiger partial charge in [-0.1, -0.05) is 17.3 Å². The summed E-state index contributed by atoms with van der Waals surface area (Å²) < 4.78 is 1.14. The molecule has 0 heterocycles. The second-order valence-electron chi connectivity index (χ2n) is 2.20. The minimum atomic E-state index is 0.642. The highest BCUT2D eigenvalue weighted by Gasteiger charge is 1.96. The molecule has 3 heteroatoms. The fourth-order valence-electron chi connectivity index (χ4n) is 0.771. The summed E-state index contributed by atoms with van der Waals surface area (Å²) in [6.07, 6.45) is 0. The summed E-state index contributed by atoms with van der Waals surface area (Å²) in [6, 6.07) is 7.81. The first-order valence-electron chi connectivity index (χ1n) is 3.18. The molecule has 0 radical (unpaired) electrons. The normalized spacial score (nSPS) is 11.6. The third-order valence-electron chi connectivity index (χ3n) is 1.39. The van der Waals surface area contributed by atoms with Crippen molar-refractivity contribution in [2.24, 2.45) is 5.16 Å². The lowest BCUT2D eigenvalue weighted by molar-refractivity contribution is 0.319. The molecule has 1 aromatic carbocycles. The monoisotopic (exact) mass is 261 g/mol. The zero-order chi connectivity index (χ0) is 8.27. The number of halogens is 1. The molecule has 0 saturated carbocycles. The van der Waals surface area contributed by atoms with Crippen molar-refractivity contribution in [1.29, 1.82) is 0 Å². The summed E-state index contributed by atoms with van der Waals surface area (Å²) >= 11 is 2.22. The van der Waals surface area contributed by atoms with E-state index < -0.39 is 0 Å². The molecule has 58 valence electrons. The van der Waals surface area contributed by atoms with Crippen molar-refractivity contribution in [1.82, 2.24) is 0 Å². The van der Waals surface area contributed by atoms with Gasteiger partial charge in [0.1, 0.15) is 0 Å². The summed E-state index contributed by atoms with van der Waals surface area (Å²) in [7, 11) is 0. The van der Waals surface area contributed by atoms with Crippen molar-refractivity contribution >= 4 is 28.3 Å². The predicted octanol–water partition coefficient (Wildman–Crippen LogP) is 2.49. The van der Waals surface area contributed by atoms with Gasteiger partial charge in [0.05, 0.1) is 5.71 Å².